The van der Waals surface area contributed by atoms with Crippen LogP contribution in [0.5, 0.6) is 0 Å². The van der Waals surface area contributed by atoms with E-state index >= 15 is 0 Å². The van der Waals surface area contributed by atoms with Crippen LogP contribution in [-0.2, 0) is 9.53 Å². The fourth-order valence-corrected chi connectivity index (χ4v) is 0.518. The van der Waals surface area contributed by atoms with Crippen LogP contribution in [0, 0.1) is 5.41 Å². The van der Waals surface area contributed by atoms with Crippen LogP contribution in [0.1, 0.15) is 13.8 Å². The van der Waals surface area contributed by atoms with Gasteiger partial charge in [0.25, 0.3) is 0 Å². The van der Waals surface area contributed by atoms with E-state index in [0.29, 0.717) is 6.61 Å². The third kappa shape index (κ3) is 2.48. The van der Waals surface area contributed by atoms with Crippen molar-refractivity contribution in [3.63, 3.8) is 0 Å². The van der Waals surface area contributed by atoms with Gasteiger partial charge in [-0.25, -0.2) is 0 Å². The molecule has 0 saturated carbocycles. The Hall–Kier alpha value is -0.610. The summed E-state index contributed by atoms with van der Waals surface area (Å²) in [6, 6.07) is 0. The van der Waals surface area contributed by atoms with E-state index in [1.165, 1.54) is 0 Å². The first-order valence-corrected chi connectivity index (χ1v) is 3.59. The zero-order valence-electron chi connectivity index (χ0n) is 6.96. The van der Waals surface area contributed by atoms with E-state index in [-0.39, 0.29) is 13.2 Å². The van der Waals surface area contributed by atoms with Crippen LogP contribution in [0.4, 0.5) is 0 Å². The number of aliphatic hydroxyl groups is 1. The lowest BCUT2D eigenvalue weighted by atomic mass is 9.92. The molecule has 0 bridgehead atoms. The largest absolute Gasteiger partial charge is 0.465 e. The van der Waals surface area contributed by atoms with Crippen LogP contribution < -0.4 is 5.73 Å². The number of rotatable bonds is 4. The summed E-state index contributed by atoms with van der Waals surface area (Å²) in [5.74, 6) is -0.440. The normalized spacial score (nSPS) is 15.6. The number of ether oxygens (including phenoxy) is 1. The van der Waals surface area contributed by atoms with Gasteiger partial charge < -0.3 is 15.6 Å². The Morgan fingerprint density at radius 1 is 1.73 bits per heavy atom. The summed E-state index contributed by atoms with van der Waals surface area (Å²) in [5.41, 5.74) is 4.35. The highest BCUT2D eigenvalue weighted by atomic mass is 16.5. The second-order valence-corrected chi connectivity index (χ2v) is 2.64. The summed E-state index contributed by atoms with van der Waals surface area (Å²) in [6.07, 6.45) is 0. The van der Waals surface area contributed by atoms with Crippen LogP contribution in [-0.4, -0.2) is 30.8 Å². The zero-order chi connectivity index (χ0) is 8.91. The number of nitrogens with two attached hydrogens (primary N) is 1. The molecule has 0 aliphatic rings. The van der Waals surface area contributed by atoms with Crippen molar-refractivity contribution >= 4 is 5.97 Å². The zero-order valence-corrected chi connectivity index (χ0v) is 6.96. The highest BCUT2D eigenvalue weighted by Crippen LogP contribution is 2.14. The Morgan fingerprint density at radius 2 is 2.27 bits per heavy atom. The Balaban J connectivity index is 4.12. The third-order valence-corrected chi connectivity index (χ3v) is 1.57. The SMILES string of the molecule is CCOC(=O)[C@@](C)(CN)CO. The van der Waals surface area contributed by atoms with Gasteiger partial charge in [-0.1, -0.05) is 0 Å². The Labute approximate surface area is 66.3 Å². The molecule has 1 atom stereocenters. The monoisotopic (exact) mass is 161 g/mol. The quantitative estimate of drug-likeness (QED) is 0.545. The maximum Gasteiger partial charge on any atom is 0.315 e. The van der Waals surface area contributed by atoms with Crippen molar-refractivity contribution in [1.82, 2.24) is 0 Å². The average molecular weight is 161 g/mol. The molecule has 0 fully saturated rings. The fraction of sp³-hybridized carbons (Fsp3) is 0.857. The number of esters is 1. The minimum atomic E-state index is -0.935. The fourth-order valence-electron chi connectivity index (χ4n) is 0.518. The molecule has 0 radical (unpaired) electrons. The molecular formula is C7H15NO3. The van der Waals surface area contributed by atoms with Gasteiger partial charge in [0.1, 0.15) is 5.41 Å². The lowest BCUT2D eigenvalue weighted by molar-refractivity contribution is -0.156. The van der Waals surface area contributed by atoms with Crippen LogP contribution in [0.2, 0.25) is 0 Å². The number of hydrogen-bond acceptors (Lipinski definition) is 4. The molecule has 0 aliphatic carbocycles. The number of hydrogen-bond donors (Lipinski definition) is 2. The minimum absolute atomic E-state index is 0.0995. The van der Waals surface area contributed by atoms with E-state index in [2.05, 4.69) is 0 Å². The van der Waals surface area contributed by atoms with Crippen molar-refractivity contribution in [2.75, 3.05) is 19.8 Å². The molecule has 4 nitrogen and oxygen atoms in total. The van der Waals surface area contributed by atoms with Crippen molar-refractivity contribution in [2.45, 2.75) is 13.8 Å². The molecule has 0 aliphatic heterocycles. The molecule has 0 aromatic rings. The number of carbonyl (C=O) groups is 1. The van der Waals surface area contributed by atoms with E-state index in [1.54, 1.807) is 13.8 Å². The molecular weight excluding hydrogens is 146 g/mol. The molecule has 66 valence electrons. The Morgan fingerprint density at radius 3 is 2.55 bits per heavy atom. The van der Waals surface area contributed by atoms with Crippen molar-refractivity contribution < 1.29 is 14.6 Å². The first-order valence-electron chi connectivity index (χ1n) is 3.59. The highest BCUT2D eigenvalue weighted by molar-refractivity contribution is 5.76. The average Bonchev–Trinajstić information content (AvgIpc) is 2.03. The van der Waals surface area contributed by atoms with E-state index in [4.69, 9.17) is 15.6 Å². The standard InChI is InChI=1S/C7H15NO3/c1-3-11-6(10)7(2,4-8)5-9/h9H,3-5,8H2,1-2H3/t7-/m0/s1. The van der Waals surface area contributed by atoms with E-state index in [1.807, 2.05) is 0 Å². The molecule has 0 aromatic heterocycles. The maximum absolute atomic E-state index is 11.1. The van der Waals surface area contributed by atoms with Crippen LogP contribution in [0.3, 0.4) is 0 Å². The van der Waals surface area contributed by atoms with E-state index in [0.717, 1.165) is 0 Å². The Bertz CT molecular complexity index is 132. The van der Waals surface area contributed by atoms with Crippen molar-refractivity contribution in [1.29, 1.82) is 0 Å². The van der Waals surface area contributed by atoms with Gasteiger partial charge in [0, 0.05) is 6.54 Å². The summed E-state index contributed by atoms with van der Waals surface area (Å²) >= 11 is 0. The van der Waals surface area contributed by atoms with Gasteiger partial charge in [0.2, 0.25) is 0 Å². The lowest BCUT2D eigenvalue weighted by Crippen LogP contribution is -2.40. The predicted octanol–water partition coefficient (Wildman–Crippen LogP) is -0.493. The molecule has 0 heterocycles. The smallest absolute Gasteiger partial charge is 0.315 e. The second-order valence-electron chi connectivity index (χ2n) is 2.64. The molecule has 0 spiro atoms. The summed E-state index contributed by atoms with van der Waals surface area (Å²) in [7, 11) is 0. The molecule has 0 unspecified atom stereocenters. The van der Waals surface area contributed by atoms with Crippen molar-refractivity contribution in [3.05, 3.63) is 0 Å². The van der Waals surface area contributed by atoms with Gasteiger partial charge in [-0.3, -0.25) is 4.79 Å². The summed E-state index contributed by atoms with van der Waals surface area (Å²) in [5, 5.41) is 8.80. The maximum atomic E-state index is 11.1. The Kier molecular flexibility index (Phi) is 4.07. The summed E-state index contributed by atoms with van der Waals surface area (Å²) < 4.78 is 4.71. The third-order valence-electron chi connectivity index (χ3n) is 1.57. The molecule has 3 N–H and O–H groups in total. The topological polar surface area (TPSA) is 72.5 Å². The molecule has 11 heavy (non-hydrogen) atoms. The van der Waals surface area contributed by atoms with Gasteiger partial charge in [0.15, 0.2) is 0 Å². The van der Waals surface area contributed by atoms with Crippen molar-refractivity contribution in [3.8, 4) is 0 Å². The predicted molar refractivity (Wildman–Crippen MR) is 40.9 cm³/mol. The van der Waals surface area contributed by atoms with Crippen LogP contribution in [0.15, 0.2) is 0 Å². The van der Waals surface area contributed by atoms with E-state index in [9.17, 15) is 4.79 Å². The highest BCUT2D eigenvalue weighted by Gasteiger charge is 2.32. The summed E-state index contributed by atoms with van der Waals surface area (Å²) in [6.45, 7) is 3.43. The molecule has 0 rings (SSSR count). The molecule has 4 heteroatoms. The number of carbonyl (C=O) groups excluding carboxylic acids is 1. The van der Waals surface area contributed by atoms with E-state index < -0.39 is 11.4 Å². The number of aliphatic hydroxyl groups excluding tert-OH is 1. The van der Waals surface area contributed by atoms with Gasteiger partial charge >= 0.3 is 5.97 Å². The van der Waals surface area contributed by atoms with Gasteiger partial charge in [-0.2, -0.15) is 0 Å². The van der Waals surface area contributed by atoms with Crippen LogP contribution >= 0.6 is 0 Å². The first kappa shape index (κ1) is 10.4. The van der Waals surface area contributed by atoms with Crippen LogP contribution in [0.25, 0.3) is 0 Å². The second kappa shape index (κ2) is 4.31. The van der Waals surface area contributed by atoms with Crippen molar-refractivity contribution in [2.24, 2.45) is 11.1 Å². The van der Waals surface area contributed by atoms with Gasteiger partial charge in [-0.15, -0.1) is 0 Å². The summed E-state index contributed by atoms with van der Waals surface area (Å²) in [4.78, 5) is 11.1. The molecule has 0 amide bonds. The van der Waals surface area contributed by atoms with Gasteiger partial charge in [0.05, 0.1) is 13.2 Å². The minimum Gasteiger partial charge on any atom is -0.465 e. The van der Waals surface area contributed by atoms with Gasteiger partial charge in [-0.05, 0) is 13.8 Å². The lowest BCUT2D eigenvalue weighted by Gasteiger charge is -2.22. The molecule has 0 saturated heterocycles. The molecule has 0 aromatic carbocycles. The first-order chi connectivity index (χ1) is 5.10.